The van der Waals surface area contributed by atoms with Gasteiger partial charge >= 0.3 is 0 Å². The molecular formula is C17H18FNO4. The van der Waals surface area contributed by atoms with Crippen molar-refractivity contribution in [3.63, 3.8) is 0 Å². The number of rotatable bonds is 6. The Bertz CT molecular complexity index is 651. The molecule has 1 N–H and O–H groups in total. The largest absolute Gasteiger partial charge is 0.497 e. The molecule has 0 spiro atoms. The molecule has 23 heavy (non-hydrogen) atoms. The van der Waals surface area contributed by atoms with Crippen LogP contribution < -0.4 is 19.5 Å². The fourth-order valence-corrected chi connectivity index (χ4v) is 1.89. The smallest absolute Gasteiger partial charge is 0.265 e. The van der Waals surface area contributed by atoms with Gasteiger partial charge in [-0.1, -0.05) is 0 Å². The molecule has 6 heteroatoms. The molecule has 1 atom stereocenters. The third kappa shape index (κ3) is 4.60. The van der Waals surface area contributed by atoms with Crippen LogP contribution in [-0.4, -0.2) is 26.2 Å². The number of hydrogen-bond acceptors (Lipinski definition) is 4. The third-order valence-electron chi connectivity index (χ3n) is 3.11. The maximum atomic E-state index is 12.9. The van der Waals surface area contributed by atoms with Gasteiger partial charge in [0.2, 0.25) is 0 Å². The lowest BCUT2D eigenvalue weighted by Crippen LogP contribution is -2.30. The summed E-state index contributed by atoms with van der Waals surface area (Å²) in [6.07, 6.45) is -0.752. The summed E-state index contributed by atoms with van der Waals surface area (Å²) in [6.45, 7) is 1.61. The van der Waals surface area contributed by atoms with Gasteiger partial charge in [0.25, 0.3) is 5.91 Å². The van der Waals surface area contributed by atoms with Crippen molar-refractivity contribution >= 4 is 11.6 Å². The van der Waals surface area contributed by atoms with Crippen molar-refractivity contribution < 1.29 is 23.4 Å². The van der Waals surface area contributed by atoms with Crippen molar-refractivity contribution in [1.29, 1.82) is 0 Å². The molecule has 2 aromatic carbocycles. The summed E-state index contributed by atoms with van der Waals surface area (Å²) in [6, 6.07) is 10.5. The van der Waals surface area contributed by atoms with E-state index in [0.29, 0.717) is 22.9 Å². The van der Waals surface area contributed by atoms with Crippen molar-refractivity contribution in [3.8, 4) is 17.2 Å². The Balaban J connectivity index is 2.04. The first-order chi connectivity index (χ1) is 11.0. The molecule has 0 bridgehead atoms. The van der Waals surface area contributed by atoms with Crippen LogP contribution in [0.1, 0.15) is 6.92 Å². The molecule has 0 aliphatic rings. The topological polar surface area (TPSA) is 56.8 Å². The lowest BCUT2D eigenvalue weighted by molar-refractivity contribution is -0.122. The molecule has 5 nitrogen and oxygen atoms in total. The van der Waals surface area contributed by atoms with Crippen molar-refractivity contribution in [3.05, 3.63) is 48.3 Å². The minimum absolute atomic E-state index is 0.343. The molecule has 0 aliphatic carbocycles. The van der Waals surface area contributed by atoms with Gasteiger partial charge in [-0.15, -0.1) is 0 Å². The monoisotopic (exact) mass is 319 g/mol. The van der Waals surface area contributed by atoms with Gasteiger partial charge in [0, 0.05) is 23.9 Å². The van der Waals surface area contributed by atoms with E-state index in [1.54, 1.807) is 25.1 Å². The van der Waals surface area contributed by atoms with E-state index in [4.69, 9.17) is 14.2 Å². The van der Waals surface area contributed by atoms with Gasteiger partial charge in [-0.05, 0) is 31.2 Å². The molecule has 0 saturated carbocycles. The van der Waals surface area contributed by atoms with Gasteiger partial charge in [-0.25, -0.2) is 4.39 Å². The Morgan fingerprint density at radius 3 is 2.09 bits per heavy atom. The average Bonchev–Trinajstić information content (AvgIpc) is 2.56. The lowest BCUT2D eigenvalue weighted by atomic mass is 10.2. The quantitative estimate of drug-likeness (QED) is 0.888. The summed E-state index contributed by atoms with van der Waals surface area (Å²) < 4.78 is 28.6. The Kier molecular flexibility index (Phi) is 5.41. The van der Waals surface area contributed by atoms with E-state index in [-0.39, 0.29) is 11.7 Å². The normalized spacial score (nSPS) is 11.5. The number of hydrogen-bond donors (Lipinski definition) is 1. The zero-order chi connectivity index (χ0) is 16.8. The second-order valence-electron chi connectivity index (χ2n) is 4.80. The van der Waals surface area contributed by atoms with Crippen molar-refractivity contribution in [2.24, 2.45) is 0 Å². The molecule has 2 aromatic rings. The molecule has 0 radical (unpaired) electrons. The number of benzene rings is 2. The van der Waals surface area contributed by atoms with Crippen LogP contribution in [0.4, 0.5) is 10.1 Å². The molecule has 0 saturated heterocycles. The van der Waals surface area contributed by atoms with Gasteiger partial charge < -0.3 is 19.5 Å². The molecule has 0 aliphatic heterocycles. The molecule has 1 amide bonds. The van der Waals surface area contributed by atoms with Gasteiger partial charge in [0.15, 0.2) is 6.10 Å². The van der Waals surface area contributed by atoms with Crippen LogP contribution in [0.3, 0.4) is 0 Å². The first-order valence-electron chi connectivity index (χ1n) is 6.98. The number of ether oxygens (including phenoxy) is 3. The average molecular weight is 319 g/mol. The third-order valence-corrected chi connectivity index (χ3v) is 3.11. The van der Waals surface area contributed by atoms with Crippen LogP contribution in [-0.2, 0) is 4.79 Å². The Labute approximate surface area is 134 Å². The summed E-state index contributed by atoms with van der Waals surface area (Å²) >= 11 is 0. The van der Waals surface area contributed by atoms with E-state index >= 15 is 0 Å². The van der Waals surface area contributed by atoms with E-state index in [0.717, 1.165) is 0 Å². The fourth-order valence-electron chi connectivity index (χ4n) is 1.89. The van der Waals surface area contributed by atoms with Crippen LogP contribution in [0.15, 0.2) is 42.5 Å². The first kappa shape index (κ1) is 16.6. The van der Waals surface area contributed by atoms with Crippen LogP contribution in [0.25, 0.3) is 0 Å². The second-order valence-corrected chi connectivity index (χ2v) is 4.80. The standard InChI is InChI=1S/C17H18FNO4/c1-11(23-14-6-4-12(18)5-7-14)17(20)19-13-8-15(21-2)10-16(9-13)22-3/h4-11H,1-3H3,(H,19,20)/t11-/m0/s1. The van der Waals surface area contributed by atoms with Crippen molar-refractivity contribution in [2.45, 2.75) is 13.0 Å². The summed E-state index contributed by atoms with van der Waals surface area (Å²) in [4.78, 5) is 12.2. The molecular weight excluding hydrogens is 301 g/mol. The Morgan fingerprint density at radius 1 is 1.00 bits per heavy atom. The Morgan fingerprint density at radius 2 is 1.57 bits per heavy atom. The maximum absolute atomic E-state index is 12.9. The number of carbonyl (C=O) groups is 1. The number of halogens is 1. The minimum atomic E-state index is -0.752. The molecule has 0 unspecified atom stereocenters. The minimum Gasteiger partial charge on any atom is -0.497 e. The SMILES string of the molecule is COc1cc(NC(=O)[C@H](C)Oc2ccc(F)cc2)cc(OC)c1. The highest BCUT2D eigenvalue weighted by molar-refractivity contribution is 5.94. The maximum Gasteiger partial charge on any atom is 0.265 e. The van der Waals surface area contributed by atoms with E-state index in [2.05, 4.69) is 5.32 Å². The van der Waals surface area contributed by atoms with Gasteiger partial charge in [-0.3, -0.25) is 4.79 Å². The molecule has 0 aromatic heterocycles. The fraction of sp³-hybridized carbons (Fsp3) is 0.235. The Hall–Kier alpha value is -2.76. The van der Waals surface area contributed by atoms with E-state index in [1.165, 1.54) is 38.5 Å². The van der Waals surface area contributed by atoms with Crippen LogP contribution >= 0.6 is 0 Å². The number of anilines is 1. The zero-order valence-corrected chi connectivity index (χ0v) is 13.1. The number of amides is 1. The number of carbonyl (C=O) groups excluding carboxylic acids is 1. The first-order valence-corrected chi connectivity index (χ1v) is 6.98. The van der Waals surface area contributed by atoms with Gasteiger partial charge in [0.05, 0.1) is 14.2 Å². The highest BCUT2D eigenvalue weighted by atomic mass is 19.1. The number of nitrogens with one attached hydrogen (secondary N) is 1. The zero-order valence-electron chi connectivity index (χ0n) is 13.1. The highest BCUT2D eigenvalue weighted by Gasteiger charge is 2.16. The van der Waals surface area contributed by atoms with E-state index < -0.39 is 6.10 Å². The second kappa shape index (κ2) is 7.49. The molecule has 0 fully saturated rings. The molecule has 122 valence electrons. The van der Waals surface area contributed by atoms with Crippen molar-refractivity contribution in [1.82, 2.24) is 0 Å². The summed E-state index contributed by atoms with van der Waals surface area (Å²) in [7, 11) is 3.06. The van der Waals surface area contributed by atoms with Crippen molar-refractivity contribution in [2.75, 3.05) is 19.5 Å². The van der Waals surface area contributed by atoms with E-state index in [1.807, 2.05) is 0 Å². The summed E-state index contributed by atoms with van der Waals surface area (Å²) in [5.41, 5.74) is 0.528. The van der Waals surface area contributed by atoms with Crippen LogP contribution in [0, 0.1) is 5.82 Å². The summed E-state index contributed by atoms with van der Waals surface area (Å²) in [5, 5.41) is 2.72. The van der Waals surface area contributed by atoms with E-state index in [9.17, 15) is 9.18 Å². The summed E-state index contributed by atoms with van der Waals surface area (Å²) in [5.74, 6) is 0.832. The van der Waals surface area contributed by atoms with Gasteiger partial charge in [-0.2, -0.15) is 0 Å². The predicted octanol–water partition coefficient (Wildman–Crippen LogP) is 3.25. The lowest BCUT2D eigenvalue weighted by Gasteiger charge is -2.15. The van der Waals surface area contributed by atoms with Crippen LogP contribution in [0.2, 0.25) is 0 Å². The molecule has 0 heterocycles. The molecule has 2 rings (SSSR count). The van der Waals surface area contributed by atoms with Gasteiger partial charge in [0.1, 0.15) is 23.1 Å². The van der Waals surface area contributed by atoms with Crippen LogP contribution in [0.5, 0.6) is 17.2 Å². The predicted molar refractivity (Wildman–Crippen MR) is 84.7 cm³/mol. The highest BCUT2D eigenvalue weighted by Crippen LogP contribution is 2.26. The number of methoxy groups -OCH3 is 2.